The topological polar surface area (TPSA) is 30.0 Å². The van der Waals surface area contributed by atoms with Gasteiger partial charge in [-0.05, 0) is 5.92 Å². The molecule has 0 aromatic carbocycles. The first-order chi connectivity index (χ1) is 6.02. The van der Waals surface area contributed by atoms with Crippen LogP contribution in [0.1, 0.15) is 40.3 Å². The van der Waals surface area contributed by atoms with Gasteiger partial charge in [0, 0.05) is 13.1 Å². The van der Waals surface area contributed by atoms with Gasteiger partial charge in [0.2, 0.25) is 0 Å². The van der Waals surface area contributed by atoms with Gasteiger partial charge in [-0.25, -0.2) is 4.98 Å². The third kappa shape index (κ3) is 2.61. The Balaban J connectivity index is 2.85. The van der Waals surface area contributed by atoms with E-state index >= 15 is 0 Å². The standard InChI is InChI=1S/C9H12BrNOS/c1-5(2)8(10)9-11-4-7(13-9)6(3)12/h4-5,8H,1-3H3. The SMILES string of the molecule is CC(=O)c1cnc(C(Br)C(C)C)s1. The van der Waals surface area contributed by atoms with Crippen molar-refractivity contribution in [3.8, 4) is 0 Å². The molecule has 0 spiro atoms. The van der Waals surface area contributed by atoms with Gasteiger partial charge in [0.05, 0.1) is 9.70 Å². The van der Waals surface area contributed by atoms with Crippen molar-refractivity contribution in [2.24, 2.45) is 5.92 Å². The number of hydrogen-bond acceptors (Lipinski definition) is 3. The molecule has 1 aromatic rings. The minimum atomic E-state index is 0.0900. The highest BCUT2D eigenvalue weighted by atomic mass is 79.9. The zero-order chi connectivity index (χ0) is 10.0. The van der Waals surface area contributed by atoms with Gasteiger partial charge in [-0.3, -0.25) is 4.79 Å². The molecule has 0 aliphatic carbocycles. The maximum absolute atomic E-state index is 11.0. The molecule has 1 atom stereocenters. The van der Waals surface area contributed by atoms with Crippen molar-refractivity contribution in [3.05, 3.63) is 16.1 Å². The fourth-order valence-electron chi connectivity index (χ4n) is 0.863. The van der Waals surface area contributed by atoms with Crippen LogP contribution in [0.3, 0.4) is 0 Å². The highest BCUT2D eigenvalue weighted by Gasteiger charge is 2.16. The molecule has 0 aliphatic rings. The van der Waals surface area contributed by atoms with E-state index < -0.39 is 0 Å². The smallest absolute Gasteiger partial charge is 0.171 e. The van der Waals surface area contributed by atoms with E-state index in [1.165, 1.54) is 11.3 Å². The first-order valence-corrected chi connectivity index (χ1v) is 5.86. The largest absolute Gasteiger partial charge is 0.294 e. The summed E-state index contributed by atoms with van der Waals surface area (Å²) >= 11 is 5.02. The number of nitrogens with zero attached hydrogens (tertiary/aromatic N) is 1. The molecule has 1 rings (SSSR count). The molecule has 0 amide bonds. The lowest BCUT2D eigenvalue weighted by molar-refractivity contribution is 0.102. The minimum Gasteiger partial charge on any atom is -0.294 e. The number of alkyl halides is 1. The summed E-state index contributed by atoms with van der Waals surface area (Å²) in [5.41, 5.74) is 0. The van der Waals surface area contributed by atoms with Gasteiger partial charge in [-0.15, -0.1) is 11.3 Å². The Labute approximate surface area is 90.5 Å². The quantitative estimate of drug-likeness (QED) is 0.617. The number of rotatable bonds is 3. The molecule has 0 N–H and O–H groups in total. The van der Waals surface area contributed by atoms with Crippen molar-refractivity contribution in [1.82, 2.24) is 4.98 Å². The van der Waals surface area contributed by atoms with Gasteiger partial charge >= 0.3 is 0 Å². The third-order valence-electron chi connectivity index (χ3n) is 1.69. The number of ketones is 1. The summed E-state index contributed by atoms with van der Waals surface area (Å²) < 4.78 is 0. The number of hydrogen-bond donors (Lipinski definition) is 0. The molecule has 72 valence electrons. The van der Waals surface area contributed by atoms with Crippen LogP contribution in [0.15, 0.2) is 6.20 Å². The van der Waals surface area contributed by atoms with Gasteiger partial charge in [0.25, 0.3) is 0 Å². The van der Waals surface area contributed by atoms with E-state index in [2.05, 4.69) is 34.8 Å². The summed E-state index contributed by atoms with van der Waals surface area (Å²) in [4.78, 5) is 16.2. The monoisotopic (exact) mass is 261 g/mol. The van der Waals surface area contributed by atoms with Crippen molar-refractivity contribution in [2.75, 3.05) is 0 Å². The molecule has 13 heavy (non-hydrogen) atoms. The number of aromatic nitrogens is 1. The molecule has 0 radical (unpaired) electrons. The Hall–Kier alpha value is -0.220. The van der Waals surface area contributed by atoms with Crippen molar-refractivity contribution in [2.45, 2.75) is 25.6 Å². The van der Waals surface area contributed by atoms with Gasteiger partial charge in [0.1, 0.15) is 5.01 Å². The maximum atomic E-state index is 11.0. The number of carbonyl (C=O) groups excluding carboxylic acids is 1. The third-order valence-corrected chi connectivity index (χ3v) is 4.67. The van der Waals surface area contributed by atoms with Crippen molar-refractivity contribution < 1.29 is 4.79 Å². The molecule has 1 aromatic heterocycles. The average Bonchev–Trinajstić information content (AvgIpc) is 2.50. The number of carbonyl (C=O) groups is 1. The molecule has 0 aliphatic heterocycles. The lowest BCUT2D eigenvalue weighted by atomic mass is 10.1. The van der Waals surface area contributed by atoms with Crippen LogP contribution in [-0.4, -0.2) is 10.8 Å². The van der Waals surface area contributed by atoms with Crippen LogP contribution in [0.5, 0.6) is 0 Å². The molecule has 0 fully saturated rings. The summed E-state index contributed by atoms with van der Waals surface area (Å²) in [6, 6.07) is 0. The zero-order valence-electron chi connectivity index (χ0n) is 7.87. The molecular formula is C9H12BrNOS. The van der Waals surface area contributed by atoms with E-state index in [1.54, 1.807) is 13.1 Å². The predicted octanol–water partition coefficient (Wildman–Crippen LogP) is 3.44. The number of Topliss-reactive ketones (excluding diaryl/α,β-unsaturated/α-hetero) is 1. The van der Waals surface area contributed by atoms with Crippen molar-refractivity contribution in [3.63, 3.8) is 0 Å². The fourth-order valence-corrected chi connectivity index (χ4v) is 2.23. The highest BCUT2D eigenvalue weighted by molar-refractivity contribution is 9.09. The van der Waals surface area contributed by atoms with E-state index in [0.29, 0.717) is 5.92 Å². The normalized spacial score (nSPS) is 13.3. The second-order valence-electron chi connectivity index (χ2n) is 3.26. The second-order valence-corrected chi connectivity index (χ2v) is 5.31. The van der Waals surface area contributed by atoms with Crippen molar-refractivity contribution in [1.29, 1.82) is 0 Å². The number of halogens is 1. The van der Waals surface area contributed by atoms with E-state index in [9.17, 15) is 4.79 Å². The summed E-state index contributed by atoms with van der Waals surface area (Å²) in [5, 5.41) is 0.986. The molecule has 0 saturated heterocycles. The Morgan fingerprint density at radius 3 is 2.62 bits per heavy atom. The van der Waals surface area contributed by atoms with Crippen LogP contribution < -0.4 is 0 Å². The van der Waals surface area contributed by atoms with E-state index in [0.717, 1.165) is 9.88 Å². The van der Waals surface area contributed by atoms with Gasteiger partial charge in [-0.1, -0.05) is 29.8 Å². The van der Waals surface area contributed by atoms with E-state index in [-0.39, 0.29) is 10.6 Å². The van der Waals surface area contributed by atoms with Crippen LogP contribution in [-0.2, 0) is 0 Å². The molecule has 1 unspecified atom stereocenters. The first-order valence-electron chi connectivity index (χ1n) is 4.13. The lowest BCUT2D eigenvalue weighted by Gasteiger charge is -2.09. The minimum absolute atomic E-state index is 0.0900. The average molecular weight is 262 g/mol. The fraction of sp³-hybridized carbons (Fsp3) is 0.556. The Bertz CT molecular complexity index is 308. The van der Waals surface area contributed by atoms with Crippen LogP contribution >= 0.6 is 27.3 Å². The van der Waals surface area contributed by atoms with Gasteiger partial charge in [-0.2, -0.15) is 0 Å². The molecular weight excluding hydrogens is 250 g/mol. The Kier molecular flexibility index (Phi) is 3.62. The maximum Gasteiger partial charge on any atom is 0.171 e. The zero-order valence-corrected chi connectivity index (χ0v) is 10.3. The summed E-state index contributed by atoms with van der Waals surface area (Å²) in [5.74, 6) is 0.582. The van der Waals surface area contributed by atoms with Gasteiger partial charge < -0.3 is 0 Å². The summed E-state index contributed by atoms with van der Waals surface area (Å²) in [7, 11) is 0. The van der Waals surface area contributed by atoms with E-state index in [4.69, 9.17) is 0 Å². The number of thiazole rings is 1. The molecule has 0 saturated carbocycles. The first kappa shape index (κ1) is 10.9. The van der Waals surface area contributed by atoms with Crippen LogP contribution in [0, 0.1) is 5.92 Å². The van der Waals surface area contributed by atoms with Crippen LogP contribution in [0.4, 0.5) is 0 Å². The predicted molar refractivity (Wildman–Crippen MR) is 58.6 cm³/mol. The molecule has 0 bridgehead atoms. The highest BCUT2D eigenvalue weighted by Crippen LogP contribution is 2.33. The van der Waals surface area contributed by atoms with E-state index in [1.807, 2.05) is 0 Å². The lowest BCUT2D eigenvalue weighted by Crippen LogP contribution is -1.97. The summed E-state index contributed by atoms with van der Waals surface area (Å²) in [6.07, 6.45) is 1.65. The molecule has 2 nitrogen and oxygen atoms in total. The Morgan fingerprint density at radius 2 is 2.23 bits per heavy atom. The van der Waals surface area contributed by atoms with Gasteiger partial charge in [0.15, 0.2) is 5.78 Å². The summed E-state index contributed by atoms with van der Waals surface area (Å²) in [6.45, 7) is 5.80. The van der Waals surface area contributed by atoms with Crippen LogP contribution in [0.2, 0.25) is 0 Å². The van der Waals surface area contributed by atoms with Crippen LogP contribution in [0.25, 0.3) is 0 Å². The van der Waals surface area contributed by atoms with Crippen molar-refractivity contribution >= 4 is 33.0 Å². The molecule has 1 heterocycles. The molecule has 4 heteroatoms. The Morgan fingerprint density at radius 1 is 1.62 bits per heavy atom. The second kappa shape index (κ2) is 4.33.